The normalized spacial score (nSPS) is 23.7. The van der Waals surface area contributed by atoms with Crippen molar-refractivity contribution in [3.8, 4) is 22.2 Å². The van der Waals surface area contributed by atoms with Crippen LogP contribution in [0.15, 0.2) is 35.7 Å². The van der Waals surface area contributed by atoms with E-state index in [1.165, 1.54) is 11.3 Å². The Morgan fingerprint density at radius 3 is 2.63 bits per heavy atom. The van der Waals surface area contributed by atoms with Gasteiger partial charge in [-0.25, -0.2) is 18.4 Å². The second kappa shape index (κ2) is 15.3. The molecule has 0 saturated heterocycles. The average Bonchev–Trinajstić information content (AvgIpc) is 3.51. The monoisotopic (exact) mass is 737 g/mol. The number of rotatable bonds is 10. The van der Waals surface area contributed by atoms with E-state index in [1.54, 1.807) is 7.11 Å². The molecule has 51 heavy (non-hydrogen) atoms. The number of aryl methyl sites for hydroxylation is 1. The van der Waals surface area contributed by atoms with Crippen LogP contribution in [-0.2, 0) is 24.4 Å². The molecular formula is C37H47N5O7S2. The first-order valence-electron chi connectivity index (χ1n) is 17.8. The molecule has 274 valence electrons. The van der Waals surface area contributed by atoms with Crippen LogP contribution < -0.4 is 24.8 Å². The van der Waals surface area contributed by atoms with Gasteiger partial charge < -0.3 is 20.1 Å². The second-order valence-electron chi connectivity index (χ2n) is 14.1. The Balaban J connectivity index is 1.25. The van der Waals surface area contributed by atoms with Crippen LogP contribution in [-0.4, -0.2) is 66.7 Å². The zero-order valence-corrected chi connectivity index (χ0v) is 31.3. The number of nitrogens with zero attached hydrogens (tertiary/aromatic N) is 2. The highest BCUT2D eigenvalue weighted by Crippen LogP contribution is 2.46. The summed E-state index contributed by atoms with van der Waals surface area (Å²) in [5.74, 6) is -0.461. The maximum Gasteiger partial charge on any atom is 0.259 e. The van der Waals surface area contributed by atoms with Crippen LogP contribution in [0.4, 0.5) is 0 Å². The Hall–Kier alpha value is -4.04. The van der Waals surface area contributed by atoms with Gasteiger partial charge in [0.2, 0.25) is 21.8 Å². The smallest absolute Gasteiger partial charge is 0.259 e. The van der Waals surface area contributed by atoms with E-state index in [1.807, 2.05) is 42.7 Å². The first kappa shape index (κ1) is 36.7. The van der Waals surface area contributed by atoms with Crippen molar-refractivity contribution >= 4 is 50.0 Å². The minimum absolute atomic E-state index is 0.0513. The first-order chi connectivity index (χ1) is 24.4. The van der Waals surface area contributed by atoms with Crippen LogP contribution in [0, 0.1) is 12.8 Å². The van der Waals surface area contributed by atoms with E-state index in [0.717, 1.165) is 47.3 Å². The summed E-state index contributed by atoms with van der Waals surface area (Å²) in [4.78, 5) is 50.3. The Morgan fingerprint density at radius 2 is 1.92 bits per heavy atom. The number of ether oxygens (including phenoxy) is 2. The molecule has 3 N–H and O–H groups in total. The van der Waals surface area contributed by atoms with Gasteiger partial charge in [-0.05, 0) is 63.5 Å². The summed E-state index contributed by atoms with van der Waals surface area (Å²) < 4.78 is 40.0. The molecule has 6 rings (SSSR count). The standard InChI is InChI=1S/C37H47N5O7S2/c1-22(2)29-21-50-35(40-29)28-19-31(26-15-16-30(48-4)23(3)33(26)39-28)49-18-17-27-34(44)41-37(36(45)42-51(46,47)25-12-10-13-25)20-24(37)11-8-6-5-7-9-14-32(43)38-27/h8,11,15-16,19,21-22,24-25,27H,5-7,9-10,12-14,17-18,20H2,1-4H3,(H,38,43)(H,41,44)(H,42,45)/b11-8-/t24-,27+,37-/m1/s1. The van der Waals surface area contributed by atoms with Crippen LogP contribution >= 0.6 is 11.3 Å². The number of carbonyl (C=O) groups excluding carboxylic acids is 3. The number of nitrogens with one attached hydrogen (secondary N) is 3. The van der Waals surface area contributed by atoms with Crippen molar-refractivity contribution in [2.45, 2.75) is 108 Å². The zero-order valence-electron chi connectivity index (χ0n) is 29.6. The number of fused-ring (bicyclic) bond motifs is 2. The molecule has 14 heteroatoms. The summed E-state index contributed by atoms with van der Waals surface area (Å²) in [6.07, 6.45) is 9.46. The average molecular weight is 738 g/mol. The van der Waals surface area contributed by atoms with Crippen LogP contribution in [0.25, 0.3) is 21.6 Å². The van der Waals surface area contributed by atoms with E-state index in [2.05, 4.69) is 29.2 Å². The summed E-state index contributed by atoms with van der Waals surface area (Å²) in [6.45, 7) is 6.15. The maximum atomic E-state index is 13.9. The molecule has 1 aliphatic heterocycles. The number of benzene rings is 1. The van der Waals surface area contributed by atoms with Crippen LogP contribution in [0.1, 0.15) is 95.2 Å². The van der Waals surface area contributed by atoms with E-state index in [9.17, 15) is 22.8 Å². The highest BCUT2D eigenvalue weighted by Gasteiger charge is 2.61. The van der Waals surface area contributed by atoms with Gasteiger partial charge in [0.05, 0.1) is 30.2 Å². The molecule has 0 spiro atoms. The molecule has 12 nitrogen and oxygen atoms in total. The number of pyridine rings is 1. The molecular weight excluding hydrogens is 691 g/mol. The predicted molar refractivity (Wildman–Crippen MR) is 196 cm³/mol. The largest absolute Gasteiger partial charge is 0.496 e. The summed E-state index contributed by atoms with van der Waals surface area (Å²) in [6, 6.07) is 4.55. The van der Waals surface area contributed by atoms with Crippen molar-refractivity contribution in [3.63, 3.8) is 0 Å². The van der Waals surface area contributed by atoms with E-state index in [0.29, 0.717) is 42.0 Å². The molecule has 3 heterocycles. The molecule has 1 aromatic carbocycles. The molecule has 2 fully saturated rings. The quantitative estimate of drug-likeness (QED) is 0.230. The van der Waals surface area contributed by atoms with Crippen molar-refractivity contribution in [1.29, 1.82) is 0 Å². The molecule has 3 aromatic rings. The molecule has 2 aromatic heterocycles. The van der Waals surface area contributed by atoms with Crippen molar-refractivity contribution in [2.75, 3.05) is 13.7 Å². The predicted octanol–water partition coefficient (Wildman–Crippen LogP) is 5.45. The number of thiazole rings is 1. The molecule has 3 atom stereocenters. The fourth-order valence-electron chi connectivity index (χ4n) is 6.58. The van der Waals surface area contributed by atoms with Gasteiger partial charge >= 0.3 is 0 Å². The summed E-state index contributed by atoms with van der Waals surface area (Å²) >= 11 is 1.50. The number of sulfonamides is 1. The maximum absolute atomic E-state index is 13.9. The van der Waals surface area contributed by atoms with Crippen molar-refractivity contribution in [1.82, 2.24) is 25.3 Å². The van der Waals surface area contributed by atoms with Crippen molar-refractivity contribution < 1.29 is 32.3 Å². The Kier molecular flexibility index (Phi) is 11.0. The van der Waals surface area contributed by atoms with Gasteiger partial charge in [-0.1, -0.05) is 38.8 Å². The van der Waals surface area contributed by atoms with Crippen molar-refractivity contribution in [2.24, 2.45) is 5.92 Å². The zero-order chi connectivity index (χ0) is 36.3. The highest BCUT2D eigenvalue weighted by molar-refractivity contribution is 7.90. The fraction of sp³-hybridized carbons (Fsp3) is 0.541. The third kappa shape index (κ3) is 8.06. The third-order valence-corrected chi connectivity index (χ3v) is 12.9. The van der Waals surface area contributed by atoms with E-state index >= 15 is 0 Å². The minimum Gasteiger partial charge on any atom is -0.496 e. The van der Waals surface area contributed by atoms with E-state index < -0.39 is 38.7 Å². The molecule has 3 aliphatic rings. The second-order valence-corrected chi connectivity index (χ2v) is 16.9. The summed E-state index contributed by atoms with van der Waals surface area (Å²) in [5.41, 5.74) is 1.74. The molecule has 2 saturated carbocycles. The van der Waals surface area contributed by atoms with Gasteiger partial charge in [0.15, 0.2) is 0 Å². The topological polar surface area (TPSA) is 166 Å². The van der Waals surface area contributed by atoms with Gasteiger partial charge in [-0.15, -0.1) is 11.3 Å². The van der Waals surface area contributed by atoms with Crippen LogP contribution in [0.5, 0.6) is 11.5 Å². The van der Waals surface area contributed by atoms with Crippen molar-refractivity contribution in [3.05, 3.63) is 47.0 Å². The Bertz CT molecular complexity index is 1940. The lowest BCUT2D eigenvalue weighted by atomic mass is 10.0. The number of allylic oxidation sites excluding steroid dienone is 1. The Morgan fingerprint density at radius 1 is 1.12 bits per heavy atom. The summed E-state index contributed by atoms with van der Waals surface area (Å²) in [7, 11) is -2.25. The highest BCUT2D eigenvalue weighted by atomic mass is 32.2. The van der Waals surface area contributed by atoms with Gasteiger partial charge in [-0.3, -0.25) is 19.1 Å². The van der Waals surface area contributed by atoms with Crippen LogP contribution in [0.2, 0.25) is 0 Å². The van der Waals surface area contributed by atoms with E-state index in [-0.39, 0.29) is 43.6 Å². The third-order valence-electron chi connectivity index (χ3n) is 10.2. The SMILES string of the molecule is COc1ccc2c(OCC[C@@H]3NC(=O)CCCCC/C=C\[C@@H]4C[C@@]4(C(=O)NS(=O)(=O)C4CCC4)NC3=O)cc(-c3nc(C(C)C)cs3)nc2c1C. The number of aromatic nitrogens is 2. The fourth-order valence-corrected chi connectivity index (χ4v) is 9.08. The van der Waals surface area contributed by atoms with Gasteiger partial charge in [-0.2, -0.15) is 0 Å². The van der Waals surface area contributed by atoms with E-state index in [4.69, 9.17) is 19.4 Å². The number of amides is 3. The molecule has 3 amide bonds. The Labute approximate surface area is 303 Å². The van der Waals surface area contributed by atoms with Gasteiger partial charge in [0, 0.05) is 41.2 Å². The van der Waals surface area contributed by atoms with Gasteiger partial charge in [0.1, 0.15) is 33.8 Å². The number of hydrogen-bond acceptors (Lipinski definition) is 10. The molecule has 2 aliphatic carbocycles. The minimum atomic E-state index is -3.86. The molecule has 0 unspecified atom stereocenters. The lowest BCUT2D eigenvalue weighted by molar-refractivity contribution is -0.132. The summed E-state index contributed by atoms with van der Waals surface area (Å²) in [5, 5.41) is 8.65. The molecule has 0 radical (unpaired) electrons. The molecule has 0 bridgehead atoms. The van der Waals surface area contributed by atoms with Gasteiger partial charge in [0.25, 0.3) is 5.91 Å². The number of methoxy groups -OCH3 is 1. The lowest BCUT2D eigenvalue weighted by Crippen LogP contribution is -2.58. The van der Waals surface area contributed by atoms with Crippen LogP contribution in [0.3, 0.4) is 0 Å². The number of hydrogen-bond donors (Lipinski definition) is 3. The lowest BCUT2D eigenvalue weighted by Gasteiger charge is -2.28. The first-order valence-corrected chi connectivity index (χ1v) is 20.3. The number of carbonyl (C=O) groups is 3.